The maximum absolute atomic E-state index is 12.0. The summed E-state index contributed by atoms with van der Waals surface area (Å²) in [7, 11) is 0. The van der Waals surface area contributed by atoms with Crippen molar-refractivity contribution in [2.75, 3.05) is 24.7 Å². The average Bonchev–Trinajstić information content (AvgIpc) is 2.60. The van der Waals surface area contributed by atoms with Gasteiger partial charge in [-0.3, -0.25) is 4.79 Å². The highest BCUT2D eigenvalue weighted by Crippen LogP contribution is 2.43. The van der Waals surface area contributed by atoms with Gasteiger partial charge in [-0.2, -0.15) is 0 Å². The molecule has 24 heavy (non-hydrogen) atoms. The molecule has 0 saturated carbocycles. The van der Waals surface area contributed by atoms with Crippen molar-refractivity contribution in [2.24, 2.45) is 11.7 Å². The minimum Gasteiger partial charge on any atom is -0.484 e. The molecule has 0 bridgehead atoms. The van der Waals surface area contributed by atoms with Crippen LogP contribution in [0.15, 0.2) is 24.3 Å². The van der Waals surface area contributed by atoms with Gasteiger partial charge in [0.2, 0.25) is 0 Å². The van der Waals surface area contributed by atoms with E-state index in [0.29, 0.717) is 17.0 Å². The lowest BCUT2D eigenvalue weighted by Gasteiger charge is -2.21. The van der Waals surface area contributed by atoms with Crippen LogP contribution in [0.1, 0.15) is 36.8 Å². The first-order valence-corrected chi connectivity index (χ1v) is 10.6. The van der Waals surface area contributed by atoms with E-state index in [9.17, 15) is 4.79 Å². The molecule has 6 heteroatoms. The van der Waals surface area contributed by atoms with Gasteiger partial charge in [0.05, 0.1) is 4.58 Å². The third kappa shape index (κ3) is 6.57. The Bertz CT molecular complexity index is 502. The zero-order valence-electron chi connectivity index (χ0n) is 14.5. The number of hydrogen-bond donors (Lipinski definition) is 2. The number of carbonyl (C=O) groups excluding carboxylic acids is 1. The second-order valence-electron chi connectivity index (χ2n) is 6.41. The van der Waals surface area contributed by atoms with Crippen molar-refractivity contribution in [3.8, 4) is 5.75 Å². The molecule has 0 radical (unpaired) electrons. The van der Waals surface area contributed by atoms with E-state index in [1.807, 2.05) is 35.7 Å². The first kappa shape index (κ1) is 19.5. The maximum atomic E-state index is 12.0. The highest BCUT2D eigenvalue weighted by atomic mass is 32.2. The molecule has 1 heterocycles. The Balaban J connectivity index is 1.78. The Morgan fingerprint density at radius 2 is 1.96 bits per heavy atom. The van der Waals surface area contributed by atoms with E-state index in [4.69, 9.17) is 10.5 Å². The van der Waals surface area contributed by atoms with Gasteiger partial charge in [0, 0.05) is 12.6 Å². The fraction of sp³-hybridized carbons (Fsp3) is 0.611. The zero-order valence-corrected chi connectivity index (χ0v) is 16.1. The molecule has 1 aromatic carbocycles. The van der Waals surface area contributed by atoms with E-state index < -0.39 is 0 Å². The summed E-state index contributed by atoms with van der Waals surface area (Å²) in [6.07, 6.45) is 2.18. The van der Waals surface area contributed by atoms with Crippen LogP contribution in [0.25, 0.3) is 0 Å². The van der Waals surface area contributed by atoms with Gasteiger partial charge in [0.15, 0.2) is 6.61 Å². The molecule has 1 atom stereocenters. The first-order chi connectivity index (χ1) is 11.6. The van der Waals surface area contributed by atoms with Crippen LogP contribution in [0, 0.1) is 5.92 Å². The number of nitrogens with two attached hydrogens (primary N) is 1. The largest absolute Gasteiger partial charge is 0.484 e. The summed E-state index contributed by atoms with van der Waals surface area (Å²) in [5.41, 5.74) is 7.03. The molecule has 1 aromatic rings. The molecule has 134 valence electrons. The molecule has 0 spiro atoms. The molecule has 1 fully saturated rings. The van der Waals surface area contributed by atoms with Gasteiger partial charge in [0.1, 0.15) is 5.75 Å². The van der Waals surface area contributed by atoms with Gasteiger partial charge in [-0.25, -0.2) is 0 Å². The van der Waals surface area contributed by atoms with Crippen molar-refractivity contribution < 1.29 is 9.53 Å². The minimum atomic E-state index is -0.117. The van der Waals surface area contributed by atoms with Crippen LogP contribution in [0.4, 0.5) is 0 Å². The predicted molar refractivity (Wildman–Crippen MR) is 105 cm³/mol. The molecule has 1 aliphatic rings. The van der Waals surface area contributed by atoms with Gasteiger partial charge in [-0.05, 0) is 48.0 Å². The lowest BCUT2D eigenvalue weighted by atomic mass is 10.0. The zero-order chi connectivity index (χ0) is 17.4. The van der Waals surface area contributed by atoms with E-state index in [1.165, 1.54) is 23.5 Å². The summed E-state index contributed by atoms with van der Waals surface area (Å²) in [5, 5.41) is 2.94. The molecule has 2 rings (SSSR count). The Morgan fingerprint density at radius 1 is 1.29 bits per heavy atom. The molecule has 0 aromatic heterocycles. The number of carbonyl (C=O) groups is 1. The molecule has 4 nitrogen and oxygen atoms in total. The van der Waals surface area contributed by atoms with Crippen molar-refractivity contribution in [3.63, 3.8) is 0 Å². The second kappa shape index (κ2) is 10.2. The summed E-state index contributed by atoms with van der Waals surface area (Å²) in [6, 6.07) is 8.12. The fourth-order valence-electron chi connectivity index (χ4n) is 2.60. The SMILES string of the molecule is CC(C)CC(CN)NC(=O)COc1ccc(C2SCCCS2)cc1. The number of nitrogens with one attached hydrogen (secondary N) is 1. The molecule has 1 aliphatic heterocycles. The number of rotatable bonds is 8. The van der Waals surface area contributed by atoms with E-state index in [1.54, 1.807) is 0 Å². The highest BCUT2D eigenvalue weighted by molar-refractivity contribution is 8.16. The van der Waals surface area contributed by atoms with Crippen molar-refractivity contribution >= 4 is 29.4 Å². The van der Waals surface area contributed by atoms with E-state index >= 15 is 0 Å². The molecule has 1 amide bonds. The molecule has 1 unspecified atom stereocenters. The molecular formula is C18H28N2O2S2. The predicted octanol–water partition coefficient (Wildman–Crippen LogP) is 3.42. The van der Waals surface area contributed by atoms with Crippen LogP contribution < -0.4 is 15.8 Å². The summed E-state index contributed by atoms with van der Waals surface area (Å²) in [4.78, 5) is 12.0. The summed E-state index contributed by atoms with van der Waals surface area (Å²) in [6.45, 7) is 4.72. The third-order valence-corrected chi connectivity index (χ3v) is 6.77. The third-order valence-electron chi connectivity index (χ3n) is 3.75. The first-order valence-electron chi connectivity index (χ1n) is 8.54. The standard InChI is InChI=1S/C18H28N2O2S2/c1-13(2)10-15(11-19)20-17(21)12-22-16-6-4-14(5-7-16)18-23-8-3-9-24-18/h4-7,13,15,18H,3,8-12,19H2,1-2H3,(H,20,21). The van der Waals surface area contributed by atoms with Crippen LogP contribution in [-0.2, 0) is 4.79 Å². The maximum Gasteiger partial charge on any atom is 0.258 e. The van der Waals surface area contributed by atoms with E-state index in [-0.39, 0.29) is 18.6 Å². The normalized spacial score (nSPS) is 16.8. The van der Waals surface area contributed by atoms with Crippen molar-refractivity contribution in [1.29, 1.82) is 0 Å². The Morgan fingerprint density at radius 3 is 2.54 bits per heavy atom. The number of thioether (sulfide) groups is 2. The smallest absolute Gasteiger partial charge is 0.258 e. The summed E-state index contributed by atoms with van der Waals surface area (Å²) >= 11 is 4.00. The molecule has 3 N–H and O–H groups in total. The highest BCUT2D eigenvalue weighted by Gasteiger charge is 2.16. The Hall–Kier alpha value is -0.850. The van der Waals surface area contributed by atoms with Crippen LogP contribution in [0.5, 0.6) is 5.75 Å². The van der Waals surface area contributed by atoms with Crippen molar-refractivity contribution in [3.05, 3.63) is 29.8 Å². The van der Waals surface area contributed by atoms with Gasteiger partial charge >= 0.3 is 0 Å². The molecule has 1 saturated heterocycles. The summed E-state index contributed by atoms with van der Waals surface area (Å²) in [5.74, 6) is 3.58. The number of amides is 1. The number of ether oxygens (including phenoxy) is 1. The van der Waals surface area contributed by atoms with Crippen LogP contribution in [0.2, 0.25) is 0 Å². The number of benzene rings is 1. The quantitative estimate of drug-likeness (QED) is 0.736. The second-order valence-corrected chi connectivity index (χ2v) is 9.14. The van der Waals surface area contributed by atoms with Gasteiger partial charge < -0.3 is 15.8 Å². The van der Waals surface area contributed by atoms with E-state index in [2.05, 4.69) is 31.3 Å². The van der Waals surface area contributed by atoms with Crippen LogP contribution >= 0.6 is 23.5 Å². The van der Waals surface area contributed by atoms with Crippen LogP contribution in [-0.4, -0.2) is 36.6 Å². The topological polar surface area (TPSA) is 64.3 Å². The minimum absolute atomic E-state index is 0.0174. The lowest BCUT2D eigenvalue weighted by Crippen LogP contribution is -2.43. The van der Waals surface area contributed by atoms with Crippen LogP contribution in [0.3, 0.4) is 0 Å². The molecule has 0 aliphatic carbocycles. The Kier molecular flexibility index (Phi) is 8.29. The van der Waals surface area contributed by atoms with Gasteiger partial charge in [0.25, 0.3) is 5.91 Å². The van der Waals surface area contributed by atoms with Gasteiger partial charge in [-0.1, -0.05) is 26.0 Å². The average molecular weight is 369 g/mol. The lowest BCUT2D eigenvalue weighted by molar-refractivity contribution is -0.123. The monoisotopic (exact) mass is 368 g/mol. The fourth-order valence-corrected chi connectivity index (χ4v) is 5.50. The summed E-state index contributed by atoms with van der Waals surface area (Å²) < 4.78 is 6.12. The number of hydrogen-bond acceptors (Lipinski definition) is 5. The van der Waals surface area contributed by atoms with Crippen molar-refractivity contribution in [2.45, 2.75) is 37.3 Å². The van der Waals surface area contributed by atoms with Gasteiger partial charge in [-0.15, -0.1) is 23.5 Å². The van der Waals surface area contributed by atoms with Crippen molar-refractivity contribution in [1.82, 2.24) is 5.32 Å². The Labute approximate surface area is 153 Å². The van der Waals surface area contributed by atoms with E-state index in [0.717, 1.165) is 12.2 Å². The molecular weight excluding hydrogens is 340 g/mol.